The second-order valence-corrected chi connectivity index (χ2v) is 3.97. The van der Waals surface area contributed by atoms with E-state index in [-0.39, 0.29) is 0 Å². The van der Waals surface area contributed by atoms with E-state index >= 15 is 0 Å². The minimum Gasteiger partial charge on any atom is -0.347 e. The third kappa shape index (κ3) is 1.90. The van der Waals surface area contributed by atoms with Crippen molar-refractivity contribution in [2.24, 2.45) is 0 Å². The highest BCUT2D eigenvalue weighted by atomic mass is 15.0. The fraction of sp³-hybridized carbons (Fsp3) is 0.385. The van der Waals surface area contributed by atoms with E-state index in [1.807, 2.05) is 14.1 Å². The summed E-state index contributed by atoms with van der Waals surface area (Å²) in [5.41, 5.74) is 2.98. The minimum absolute atomic E-state index is 1.19. The first kappa shape index (κ1) is 10.2. The third-order valence-electron chi connectivity index (χ3n) is 2.72. The summed E-state index contributed by atoms with van der Waals surface area (Å²) in [6, 6.07) is 8.82. The molecule has 1 aromatic carbocycles. The molecule has 0 radical (unpaired) electrons. The lowest BCUT2D eigenvalue weighted by Crippen LogP contribution is -2.05. The first-order valence-corrected chi connectivity index (χ1v) is 5.52. The Morgan fingerprint density at radius 1 is 1.20 bits per heavy atom. The Morgan fingerprint density at radius 2 is 2.00 bits per heavy atom. The van der Waals surface area contributed by atoms with Gasteiger partial charge in [0.25, 0.3) is 0 Å². The van der Waals surface area contributed by atoms with E-state index in [0.29, 0.717) is 0 Å². The highest BCUT2D eigenvalue weighted by Gasteiger charge is 2.10. The summed E-state index contributed by atoms with van der Waals surface area (Å²) in [6.45, 7) is 1.19. The predicted octanol–water partition coefficient (Wildman–Crippen LogP) is 2.42. The summed E-state index contributed by atoms with van der Waals surface area (Å²) in [7, 11) is 3.75. The summed E-state index contributed by atoms with van der Waals surface area (Å²) >= 11 is 0. The summed E-state index contributed by atoms with van der Waals surface area (Å²) in [5, 5.41) is 4.15. The van der Waals surface area contributed by atoms with Crippen LogP contribution < -0.4 is 5.32 Å². The zero-order valence-electron chi connectivity index (χ0n) is 9.46. The van der Waals surface area contributed by atoms with Gasteiger partial charge in [-0.05, 0) is 44.0 Å². The van der Waals surface area contributed by atoms with Gasteiger partial charge in [0.15, 0.2) is 0 Å². The van der Waals surface area contributed by atoms with Gasteiger partial charge in [-0.1, -0.05) is 18.2 Å². The van der Waals surface area contributed by atoms with Gasteiger partial charge < -0.3 is 9.88 Å². The molecule has 0 spiro atoms. The standard InChI is InChI=1S/C11H11N.C2H7N/c1-3-9-5-2-7-12-8-6-10(4-1)11(9)12;1-3-2/h1,3-4,6,8H,2,5,7H2;3H,1-2H3. The number of nitrogens with one attached hydrogen (secondary N) is 1. The molecule has 0 saturated heterocycles. The summed E-state index contributed by atoms with van der Waals surface area (Å²) in [4.78, 5) is 0. The number of rotatable bonds is 0. The largest absolute Gasteiger partial charge is 0.347 e. The topological polar surface area (TPSA) is 17.0 Å². The maximum atomic E-state index is 2.75. The Morgan fingerprint density at radius 3 is 2.80 bits per heavy atom. The molecule has 2 heteroatoms. The molecule has 0 amide bonds. The Kier molecular flexibility index (Phi) is 3.07. The molecule has 2 nitrogen and oxygen atoms in total. The lowest BCUT2D eigenvalue weighted by molar-refractivity contribution is 0.636. The monoisotopic (exact) mass is 202 g/mol. The van der Waals surface area contributed by atoms with Gasteiger partial charge in [0.1, 0.15) is 0 Å². The van der Waals surface area contributed by atoms with Crippen LogP contribution in [0.3, 0.4) is 0 Å². The van der Waals surface area contributed by atoms with Crippen LogP contribution in [0, 0.1) is 0 Å². The molecule has 1 N–H and O–H groups in total. The van der Waals surface area contributed by atoms with Crippen LogP contribution in [0.1, 0.15) is 12.0 Å². The Hall–Kier alpha value is -1.28. The highest BCUT2D eigenvalue weighted by molar-refractivity contribution is 5.83. The first-order valence-electron chi connectivity index (χ1n) is 5.52. The van der Waals surface area contributed by atoms with Gasteiger partial charge in [-0.2, -0.15) is 0 Å². The fourth-order valence-corrected chi connectivity index (χ4v) is 2.17. The van der Waals surface area contributed by atoms with Gasteiger partial charge in [0, 0.05) is 12.7 Å². The van der Waals surface area contributed by atoms with Crippen LogP contribution in [-0.4, -0.2) is 18.7 Å². The van der Waals surface area contributed by atoms with Gasteiger partial charge in [-0.15, -0.1) is 0 Å². The molecule has 80 valence electrons. The number of para-hydroxylation sites is 1. The number of hydrogen-bond donors (Lipinski definition) is 1. The highest BCUT2D eigenvalue weighted by Crippen LogP contribution is 2.25. The molecule has 0 unspecified atom stereocenters. The molecule has 3 rings (SSSR count). The van der Waals surface area contributed by atoms with Crippen LogP contribution in [0.5, 0.6) is 0 Å². The second kappa shape index (κ2) is 4.49. The number of hydrogen-bond acceptors (Lipinski definition) is 1. The second-order valence-electron chi connectivity index (χ2n) is 3.97. The van der Waals surface area contributed by atoms with Crippen molar-refractivity contribution in [3.8, 4) is 0 Å². The van der Waals surface area contributed by atoms with Crippen molar-refractivity contribution in [3.63, 3.8) is 0 Å². The molecule has 15 heavy (non-hydrogen) atoms. The lowest BCUT2D eigenvalue weighted by atomic mass is 10.0. The molecule has 2 heterocycles. The molecule has 1 aromatic heterocycles. The van der Waals surface area contributed by atoms with Crippen LogP contribution in [0.15, 0.2) is 30.5 Å². The van der Waals surface area contributed by atoms with Crippen LogP contribution in [0.2, 0.25) is 0 Å². The van der Waals surface area contributed by atoms with E-state index in [1.165, 1.54) is 35.9 Å². The van der Waals surface area contributed by atoms with Gasteiger partial charge in [-0.3, -0.25) is 0 Å². The summed E-state index contributed by atoms with van der Waals surface area (Å²) in [5.74, 6) is 0. The molecular formula is C13H18N2. The van der Waals surface area contributed by atoms with Gasteiger partial charge in [-0.25, -0.2) is 0 Å². The Labute approximate surface area is 90.9 Å². The van der Waals surface area contributed by atoms with E-state index in [9.17, 15) is 0 Å². The average Bonchev–Trinajstić information content (AvgIpc) is 2.66. The molecule has 1 aliphatic heterocycles. The zero-order valence-corrected chi connectivity index (χ0v) is 9.46. The average molecular weight is 202 g/mol. The van der Waals surface area contributed by atoms with Crippen LogP contribution in [-0.2, 0) is 13.0 Å². The SMILES string of the molecule is CNC.c1cc2c3c(c1)ccn3CCC2. The molecule has 0 bridgehead atoms. The van der Waals surface area contributed by atoms with Crippen molar-refractivity contribution in [1.29, 1.82) is 0 Å². The summed E-state index contributed by atoms with van der Waals surface area (Å²) < 4.78 is 2.37. The van der Waals surface area contributed by atoms with Crippen molar-refractivity contribution in [2.75, 3.05) is 14.1 Å². The first-order chi connectivity index (χ1) is 7.36. The lowest BCUT2D eigenvalue weighted by Gasteiger charge is -2.14. The number of aryl methyl sites for hydroxylation is 2. The Bertz CT molecular complexity index is 443. The van der Waals surface area contributed by atoms with Crippen LogP contribution >= 0.6 is 0 Å². The van der Waals surface area contributed by atoms with Gasteiger partial charge in [0.2, 0.25) is 0 Å². The zero-order chi connectivity index (χ0) is 10.7. The normalized spacial score (nSPS) is 13.5. The van der Waals surface area contributed by atoms with Gasteiger partial charge >= 0.3 is 0 Å². The third-order valence-corrected chi connectivity index (χ3v) is 2.72. The molecule has 0 saturated carbocycles. The van der Waals surface area contributed by atoms with Crippen molar-refractivity contribution >= 4 is 10.9 Å². The molecule has 2 aromatic rings. The maximum absolute atomic E-state index is 2.75. The summed E-state index contributed by atoms with van der Waals surface area (Å²) in [6.07, 6.45) is 4.75. The van der Waals surface area contributed by atoms with Crippen molar-refractivity contribution in [3.05, 3.63) is 36.0 Å². The van der Waals surface area contributed by atoms with Crippen LogP contribution in [0.25, 0.3) is 10.9 Å². The fourth-order valence-electron chi connectivity index (χ4n) is 2.17. The predicted molar refractivity (Wildman–Crippen MR) is 65.2 cm³/mol. The van der Waals surface area contributed by atoms with E-state index < -0.39 is 0 Å². The van der Waals surface area contributed by atoms with Crippen molar-refractivity contribution in [1.82, 2.24) is 9.88 Å². The number of aromatic nitrogens is 1. The van der Waals surface area contributed by atoms with E-state index in [2.05, 4.69) is 40.3 Å². The van der Waals surface area contributed by atoms with E-state index in [1.54, 1.807) is 0 Å². The minimum atomic E-state index is 1.19. The molecular weight excluding hydrogens is 184 g/mol. The molecule has 0 fully saturated rings. The number of nitrogens with zero attached hydrogens (tertiary/aromatic N) is 1. The van der Waals surface area contributed by atoms with E-state index in [4.69, 9.17) is 0 Å². The number of benzene rings is 1. The van der Waals surface area contributed by atoms with Crippen molar-refractivity contribution < 1.29 is 0 Å². The Balaban J connectivity index is 0.000000258. The van der Waals surface area contributed by atoms with E-state index in [0.717, 1.165) is 0 Å². The van der Waals surface area contributed by atoms with Crippen LogP contribution in [0.4, 0.5) is 0 Å². The maximum Gasteiger partial charge on any atom is 0.0512 e. The molecule has 1 aliphatic rings. The smallest absolute Gasteiger partial charge is 0.0512 e. The van der Waals surface area contributed by atoms with Crippen molar-refractivity contribution in [2.45, 2.75) is 19.4 Å². The molecule has 0 atom stereocenters. The quantitative estimate of drug-likeness (QED) is 0.694. The molecule has 0 aliphatic carbocycles. The van der Waals surface area contributed by atoms with Gasteiger partial charge in [0.05, 0.1) is 5.52 Å².